The first-order valence-corrected chi connectivity index (χ1v) is 9.57. The summed E-state index contributed by atoms with van der Waals surface area (Å²) in [4.78, 5) is 57.8. The molecule has 0 aliphatic heterocycles. The standard InChI is InChI=1S/C18H33N5O6/c1-10(2)15(17(28)21-11(3)6-5-9-20-18(19)29)23-16(27)13(22-12(4)24)7-8-14(25)26/h10-11,13,15H,5-9H2,1-4H3,(H,21,28)(H,22,24)(H,23,27)(H,25,26)(H3,19,20,29). The van der Waals surface area contributed by atoms with Crippen molar-refractivity contribution in [1.82, 2.24) is 21.3 Å². The molecule has 3 unspecified atom stereocenters. The molecule has 166 valence electrons. The van der Waals surface area contributed by atoms with Gasteiger partial charge < -0.3 is 32.1 Å². The van der Waals surface area contributed by atoms with Crippen LogP contribution < -0.4 is 27.0 Å². The van der Waals surface area contributed by atoms with E-state index in [1.54, 1.807) is 20.8 Å². The van der Waals surface area contributed by atoms with Crippen molar-refractivity contribution in [2.24, 2.45) is 11.7 Å². The number of nitrogens with two attached hydrogens (primary N) is 1. The van der Waals surface area contributed by atoms with Crippen LogP contribution in [0.5, 0.6) is 0 Å². The van der Waals surface area contributed by atoms with Crippen molar-refractivity contribution < 1.29 is 29.1 Å². The van der Waals surface area contributed by atoms with Crippen molar-refractivity contribution in [2.75, 3.05) is 6.54 Å². The van der Waals surface area contributed by atoms with E-state index in [0.717, 1.165) is 0 Å². The van der Waals surface area contributed by atoms with Crippen LogP contribution in [0, 0.1) is 5.92 Å². The quantitative estimate of drug-likeness (QED) is 0.220. The van der Waals surface area contributed by atoms with E-state index >= 15 is 0 Å². The van der Waals surface area contributed by atoms with E-state index in [1.165, 1.54) is 6.92 Å². The molecule has 0 radical (unpaired) electrons. The Morgan fingerprint density at radius 3 is 2.03 bits per heavy atom. The molecule has 0 aromatic rings. The fourth-order valence-corrected chi connectivity index (χ4v) is 2.60. The summed E-state index contributed by atoms with van der Waals surface area (Å²) in [6.45, 7) is 6.94. The summed E-state index contributed by atoms with van der Waals surface area (Å²) >= 11 is 0. The lowest BCUT2D eigenvalue weighted by molar-refractivity contribution is -0.138. The van der Waals surface area contributed by atoms with Crippen LogP contribution in [0.2, 0.25) is 0 Å². The second-order valence-electron chi connectivity index (χ2n) is 7.26. The highest BCUT2D eigenvalue weighted by Crippen LogP contribution is 2.06. The Morgan fingerprint density at radius 1 is 0.931 bits per heavy atom. The number of primary amides is 1. The van der Waals surface area contributed by atoms with Gasteiger partial charge in [-0.25, -0.2) is 4.79 Å². The van der Waals surface area contributed by atoms with Gasteiger partial charge in [0.2, 0.25) is 17.7 Å². The summed E-state index contributed by atoms with van der Waals surface area (Å²) in [5.41, 5.74) is 4.98. The van der Waals surface area contributed by atoms with Gasteiger partial charge in [-0.05, 0) is 32.1 Å². The van der Waals surface area contributed by atoms with Crippen LogP contribution in [0.4, 0.5) is 4.79 Å². The SMILES string of the molecule is CC(=O)NC(CCC(=O)O)C(=O)NC(C(=O)NC(C)CCCNC(N)=O)C(C)C. The smallest absolute Gasteiger partial charge is 0.312 e. The largest absolute Gasteiger partial charge is 0.481 e. The fraction of sp³-hybridized carbons (Fsp3) is 0.722. The summed E-state index contributed by atoms with van der Waals surface area (Å²) in [6, 6.07) is -2.71. The Morgan fingerprint density at radius 2 is 1.55 bits per heavy atom. The highest BCUT2D eigenvalue weighted by molar-refractivity contribution is 5.92. The van der Waals surface area contributed by atoms with Crippen LogP contribution >= 0.6 is 0 Å². The van der Waals surface area contributed by atoms with Crippen molar-refractivity contribution in [2.45, 2.75) is 71.5 Å². The van der Waals surface area contributed by atoms with E-state index in [9.17, 15) is 24.0 Å². The normalized spacial score (nSPS) is 13.7. The van der Waals surface area contributed by atoms with E-state index in [4.69, 9.17) is 10.8 Å². The lowest BCUT2D eigenvalue weighted by Crippen LogP contribution is -2.56. The number of carboxylic acid groups (broad SMARTS) is 1. The zero-order valence-corrected chi connectivity index (χ0v) is 17.4. The van der Waals surface area contributed by atoms with Gasteiger partial charge in [-0.2, -0.15) is 0 Å². The third-order valence-electron chi connectivity index (χ3n) is 4.09. The van der Waals surface area contributed by atoms with E-state index in [1.807, 2.05) is 0 Å². The number of carboxylic acids is 1. The minimum Gasteiger partial charge on any atom is -0.481 e. The maximum absolute atomic E-state index is 12.6. The number of carbonyl (C=O) groups excluding carboxylic acids is 4. The first kappa shape index (κ1) is 26.1. The maximum atomic E-state index is 12.6. The number of carbonyl (C=O) groups is 5. The van der Waals surface area contributed by atoms with Crippen LogP contribution in [0.3, 0.4) is 0 Å². The van der Waals surface area contributed by atoms with Gasteiger partial charge in [0.25, 0.3) is 0 Å². The van der Waals surface area contributed by atoms with Gasteiger partial charge in [0.15, 0.2) is 0 Å². The molecule has 0 aliphatic rings. The molecule has 11 heteroatoms. The molecule has 0 spiro atoms. The Labute approximate surface area is 170 Å². The third-order valence-corrected chi connectivity index (χ3v) is 4.09. The molecular formula is C18H33N5O6. The molecule has 5 amide bonds. The lowest BCUT2D eigenvalue weighted by atomic mass is 10.0. The average molecular weight is 415 g/mol. The minimum atomic E-state index is -1.09. The molecular weight excluding hydrogens is 382 g/mol. The van der Waals surface area contributed by atoms with E-state index in [0.29, 0.717) is 19.4 Å². The number of hydrogen-bond donors (Lipinski definition) is 6. The van der Waals surface area contributed by atoms with Crippen LogP contribution in [0.1, 0.15) is 53.4 Å². The highest BCUT2D eigenvalue weighted by Gasteiger charge is 2.29. The van der Waals surface area contributed by atoms with Gasteiger partial charge in [-0.3, -0.25) is 19.2 Å². The van der Waals surface area contributed by atoms with Gasteiger partial charge in [0.1, 0.15) is 12.1 Å². The Bertz CT molecular complexity index is 595. The van der Waals surface area contributed by atoms with Crippen LogP contribution in [0.25, 0.3) is 0 Å². The number of rotatable bonds is 13. The van der Waals surface area contributed by atoms with E-state index in [-0.39, 0.29) is 30.7 Å². The van der Waals surface area contributed by atoms with E-state index < -0.39 is 35.9 Å². The molecule has 29 heavy (non-hydrogen) atoms. The number of urea groups is 1. The van der Waals surface area contributed by atoms with Gasteiger partial charge in [-0.15, -0.1) is 0 Å². The van der Waals surface area contributed by atoms with Gasteiger partial charge >= 0.3 is 12.0 Å². The van der Waals surface area contributed by atoms with Gasteiger partial charge in [-0.1, -0.05) is 13.8 Å². The van der Waals surface area contributed by atoms with Gasteiger partial charge in [0, 0.05) is 25.9 Å². The molecule has 0 aliphatic carbocycles. The van der Waals surface area contributed by atoms with Crippen LogP contribution in [0.15, 0.2) is 0 Å². The number of amides is 5. The summed E-state index contributed by atoms with van der Waals surface area (Å²) in [5.74, 6) is -2.80. The molecule has 0 aromatic carbocycles. The summed E-state index contributed by atoms with van der Waals surface area (Å²) in [5, 5.41) is 19.1. The Balaban J connectivity index is 4.84. The first-order chi connectivity index (χ1) is 13.4. The second-order valence-corrected chi connectivity index (χ2v) is 7.26. The van der Waals surface area contributed by atoms with Crippen molar-refractivity contribution in [3.63, 3.8) is 0 Å². The Hall–Kier alpha value is -2.85. The average Bonchev–Trinajstić information content (AvgIpc) is 2.58. The second kappa shape index (κ2) is 13.3. The maximum Gasteiger partial charge on any atom is 0.312 e. The zero-order chi connectivity index (χ0) is 22.6. The minimum absolute atomic E-state index is 0.0869. The topological polar surface area (TPSA) is 180 Å². The predicted molar refractivity (Wildman–Crippen MR) is 106 cm³/mol. The predicted octanol–water partition coefficient (Wildman–Crippen LogP) is -0.550. The van der Waals surface area contributed by atoms with E-state index in [2.05, 4.69) is 21.3 Å². The molecule has 0 saturated carbocycles. The molecule has 7 N–H and O–H groups in total. The van der Waals surface area contributed by atoms with Crippen LogP contribution in [-0.2, 0) is 19.2 Å². The molecule has 0 fully saturated rings. The molecule has 0 saturated heterocycles. The first-order valence-electron chi connectivity index (χ1n) is 9.57. The number of hydrogen-bond acceptors (Lipinski definition) is 5. The number of aliphatic carboxylic acids is 1. The van der Waals surface area contributed by atoms with Crippen molar-refractivity contribution >= 4 is 29.7 Å². The monoisotopic (exact) mass is 415 g/mol. The summed E-state index contributed by atoms with van der Waals surface area (Å²) < 4.78 is 0. The molecule has 3 atom stereocenters. The highest BCUT2D eigenvalue weighted by atomic mass is 16.4. The molecule has 0 bridgehead atoms. The van der Waals surface area contributed by atoms with Crippen molar-refractivity contribution in [3.05, 3.63) is 0 Å². The van der Waals surface area contributed by atoms with Crippen molar-refractivity contribution in [3.8, 4) is 0 Å². The third kappa shape index (κ3) is 12.3. The fourth-order valence-electron chi connectivity index (χ4n) is 2.60. The van der Waals surface area contributed by atoms with Crippen LogP contribution in [-0.4, -0.2) is 59.5 Å². The zero-order valence-electron chi connectivity index (χ0n) is 17.4. The molecule has 0 rings (SSSR count). The van der Waals surface area contributed by atoms with Gasteiger partial charge in [0.05, 0.1) is 0 Å². The lowest BCUT2D eigenvalue weighted by Gasteiger charge is -2.26. The van der Waals surface area contributed by atoms with Crippen molar-refractivity contribution in [1.29, 1.82) is 0 Å². The number of nitrogens with one attached hydrogen (secondary N) is 4. The summed E-state index contributed by atoms with van der Waals surface area (Å²) in [7, 11) is 0. The molecule has 11 nitrogen and oxygen atoms in total. The summed E-state index contributed by atoms with van der Waals surface area (Å²) in [6.07, 6.45) is 0.824. The Kier molecular flexibility index (Phi) is 12.0. The molecule has 0 heterocycles. The molecule has 0 aromatic heterocycles.